The molecule has 0 aromatic heterocycles. The van der Waals surface area contributed by atoms with Crippen molar-refractivity contribution in [2.24, 2.45) is 5.73 Å². The average Bonchev–Trinajstić information content (AvgIpc) is 2.39. The summed E-state index contributed by atoms with van der Waals surface area (Å²) in [5, 5.41) is 0. The lowest BCUT2D eigenvalue weighted by Crippen LogP contribution is -2.19. The molecule has 1 heterocycles. The molecule has 0 unspecified atom stereocenters. The number of benzene rings is 1. The van der Waals surface area contributed by atoms with Gasteiger partial charge in [0, 0.05) is 6.04 Å². The van der Waals surface area contributed by atoms with Crippen LogP contribution in [0, 0.1) is 0 Å². The first-order chi connectivity index (χ1) is 9.11. The molecule has 2 rings (SSSR count). The highest BCUT2D eigenvalue weighted by Crippen LogP contribution is 2.39. The summed E-state index contributed by atoms with van der Waals surface area (Å²) in [5.41, 5.74) is 6.82. The van der Waals surface area contributed by atoms with Gasteiger partial charge in [-0.05, 0) is 40.5 Å². The minimum absolute atomic E-state index is 0.139. The number of hydrogen-bond donors (Lipinski definition) is 1. The second kappa shape index (κ2) is 6.25. The predicted octanol–water partition coefficient (Wildman–Crippen LogP) is 2.17. The molecule has 0 bridgehead atoms. The van der Waals surface area contributed by atoms with Crippen LogP contribution in [0.2, 0.25) is 0 Å². The first-order valence-corrected chi connectivity index (χ1v) is 6.91. The monoisotopic (exact) mass is 329 g/mol. The summed E-state index contributed by atoms with van der Waals surface area (Å²) in [6.45, 7) is 3.16. The zero-order chi connectivity index (χ0) is 13.8. The molecule has 6 heteroatoms. The van der Waals surface area contributed by atoms with Crippen molar-refractivity contribution in [1.82, 2.24) is 0 Å². The van der Waals surface area contributed by atoms with Gasteiger partial charge in [-0.15, -0.1) is 0 Å². The molecule has 1 aliphatic rings. The number of carbonyl (C=O) groups excluding carboxylic acids is 1. The molecule has 0 radical (unpaired) electrons. The fraction of sp³-hybridized carbons (Fsp3) is 0.462. The molecule has 0 saturated heterocycles. The van der Waals surface area contributed by atoms with Crippen LogP contribution in [0.1, 0.15) is 24.9 Å². The van der Waals surface area contributed by atoms with Crippen LogP contribution in [0.4, 0.5) is 0 Å². The smallest absolute Gasteiger partial charge is 0.307 e. The van der Waals surface area contributed by atoms with Crippen LogP contribution in [0.5, 0.6) is 11.5 Å². The lowest BCUT2D eigenvalue weighted by Gasteiger charge is -2.21. The lowest BCUT2D eigenvalue weighted by atomic mass is 10.0. The van der Waals surface area contributed by atoms with E-state index in [2.05, 4.69) is 15.9 Å². The molecular weight excluding hydrogens is 314 g/mol. The van der Waals surface area contributed by atoms with E-state index in [4.69, 9.17) is 19.9 Å². The number of fused-ring (bicyclic) bond motifs is 1. The molecule has 19 heavy (non-hydrogen) atoms. The normalized spacial score (nSPS) is 14.9. The summed E-state index contributed by atoms with van der Waals surface area (Å²) >= 11 is 3.42. The maximum atomic E-state index is 11.4. The number of ether oxygens (including phenoxy) is 3. The van der Waals surface area contributed by atoms with Crippen molar-refractivity contribution in [1.29, 1.82) is 0 Å². The van der Waals surface area contributed by atoms with Crippen LogP contribution in [0.15, 0.2) is 16.6 Å². The second-order valence-electron chi connectivity index (χ2n) is 4.14. The molecule has 1 atom stereocenters. The van der Waals surface area contributed by atoms with Crippen LogP contribution in [0.25, 0.3) is 0 Å². The van der Waals surface area contributed by atoms with Crippen molar-refractivity contribution in [2.45, 2.75) is 19.4 Å². The Balaban J connectivity index is 2.16. The summed E-state index contributed by atoms with van der Waals surface area (Å²) < 4.78 is 16.7. The van der Waals surface area contributed by atoms with E-state index in [1.165, 1.54) is 0 Å². The minimum atomic E-state index is -0.425. The molecule has 0 saturated carbocycles. The van der Waals surface area contributed by atoms with Crippen molar-refractivity contribution in [3.8, 4) is 11.5 Å². The third-order valence-electron chi connectivity index (χ3n) is 2.74. The number of carbonyl (C=O) groups is 1. The summed E-state index contributed by atoms with van der Waals surface area (Å²) in [7, 11) is 0. The van der Waals surface area contributed by atoms with Gasteiger partial charge in [-0.2, -0.15) is 0 Å². The highest BCUT2D eigenvalue weighted by molar-refractivity contribution is 9.10. The van der Waals surface area contributed by atoms with Crippen LogP contribution < -0.4 is 15.2 Å². The van der Waals surface area contributed by atoms with Gasteiger partial charge < -0.3 is 19.9 Å². The van der Waals surface area contributed by atoms with E-state index in [0.29, 0.717) is 31.3 Å². The van der Waals surface area contributed by atoms with Crippen molar-refractivity contribution in [3.05, 3.63) is 22.2 Å². The van der Waals surface area contributed by atoms with E-state index in [1.807, 2.05) is 12.1 Å². The zero-order valence-electron chi connectivity index (χ0n) is 10.6. The molecule has 0 aliphatic carbocycles. The number of halogens is 1. The Morgan fingerprint density at radius 3 is 2.95 bits per heavy atom. The standard InChI is InChI=1S/C13H16BrNO4/c1-2-17-12(16)7-10(15)8-5-9(14)13-11(6-8)18-3-4-19-13/h5-6,10H,2-4,7,15H2,1H3/t10-/m1/s1. The van der Waals surface area contributed by atoms with Gasteiger partial charge in [0.05, 0.1) is 17.5 Å². The zero-order valence-corrected chi connectivity index (χ0v) is 12.2. The highest BCUT2D eigenvalue weighted by atomic mass is 79.9. The summed E-state index contributed by atoms with van der Waals surface area (Å²) in [4.78, 5) is 11.4. The largest absolute Gasteiger partial charge is 0.486 e. The topological polar surface area (TPSA) is 70.8 Å². The van der Waals surface area contributed by atoms with E-state index in [0.717, 1.165) is 10.0 Å². The maximum absolute atomic E-state index is 11.4. The predicted molar refractivity (Wildman–Crippen MR) is 73.3 cm³/mol. The third-order valence-corrected chi connectivity index (χ3v) is 3.33. The molecule has 0 fully saturated rings. The second-order valence-corrected chi connectivity index (χ2v) is 5.00. The Morgan fingerprint density at radius 2 is 2.21 bits per heavy atom. The molecule has 5 nitrogen and oxygen atoms in total. The third kappa shape index (κ3) is 3.39. The Morgan fingerprint density at radius 1 is 1.47 bits per heavy atom. The molecular formula is C13H16BrNO4. The number of rotatable bonds is 4. The summed E-state index contributed by atoms with van der Waals surface area (Å²) in [6.07, 6.45) is 0.139. The lowest BCUT2D eigenvalue weighted by molar-refractivity contribution is -0.143. The number of esters is 1. The fourth-order valence-corrected chi connectivity index (χ4v) is 2.44. The van der Waals surface area contributed by atoms with Gasteiger partial charge >= 0.3 is 5.97 Å². The van der Waals surface area contributed by atoms with Gasteiger partial charge in [-0.1, -0.05) is 0 Å². The molecule has 2 N–H and O–H groups in total. The Hall–Kier alpha value is -1.27. The van der Waals surface area contributed by atoms with E-state index in [1.54, 1.807) is 6.92 Å². The first kappa shape index (κ1) is 14.1. The molecule has 0 spiro atoms. The Bertz CT molecular complexity index is 478. The Kier molecular flexibility index (Phi) is 4.66. The van der Waals surface area contributed by atoms with E-state index < -0.39 is 6.04 Å². The van der Waals surface area contributed by atoms with Crippen molar-refractivity contribution < 1.29 is 19.0 Å². The van der Waals surface area contributed by atoms with E-state index >= 15 is 0 Å². The quantitative estimate of drug-likeness (QED) is 0.857. The molecule has 104 valence electrons. The Labute approximate surface area is 120 Å². The van der Waals surface area contributed by atoms with E-state index in [9.17, 15) is 4.79 Å². The molecule has 0 amide bonds. The SMILES string of the molecule is CCOC(=O)C[C@@H](N)c1cc(Br)c2c(c1)OCCO2. The van der Waals surface area contributed by atoms with Gasteiger partial charge in [-0.3, -0.25) is 4.79 Å². The fourth-order valence-electron chi connectivity index (χ4n) is 1.86. The van der Waals surface area contributed by atoms with Crippen molar-refractivity contribution in [3.63, 3.8) is 0 Å². The number of hydrogen-bond acceptors (Lipinski definition) is 5. The highest BCUT2D eigenvalue weighted by Gasteiger charge is 2.20. The first-order valence-electron chi connectivity index (χ1n) is 6.12. The summed E-state index contributed by atoms with van der Waals surface area (Å²) in [6, 6.07) is 3.23. The van der Waals surface area contributed by atoms with Crippen molar-refractivity contribution in [2.75, 3.05) is 19.8 Å². The average molecular weight is 330 g/mol. The molecule has 1 aliphatic heterocycles. The van der Waals surface area contributed by atoms with Gasteiger partial charge in [0.25, 0.3) is 0 Å². The van der Waals surface area contributed by atoms with Gasteiger partial charge in [0.1, 0.15) is 13.2 Å². The molecule has 1 aromatic rings. The molecule has 1 aromatic carbocycles. The summed E-state index contributed by atoms with van der Waals surface area (Å²) in [5.74, 6) is 1.02. The van der Waals surface area contributed by atoms with Crippen LogP contribution in [-0.2, 0) is 9.53 Å². The van der Waals surface area contributed by atoms with E-state index in [-0.39, 0.29) is 12.4 Å². The minimum Gasteiger partial charge on any atom is -0.486 e. The maximum Gasteiger partial charge on any atom is 0.307 e. The van der Waals surface area contributed by atoms with Gasteiger partial charge in [-0.25, -0.2) is 0 Å². The van der Waals surface area contributed by atoms with Gasteiger partial charge in [0.2, 0.25) is 0 Å². The van der Waals surface area contributed by atoms with Crippen LogP contribution >= 0.6 is 15.9 Å². The van der Waals surface area contributed by atoms with Crippen LogP contribution in [-0.4, -0.2) is 25.8 Å². The van der Waals surface area contributed by atoms with Crippen LogP contribution in [0.3, 0.4) is 0 Å². The number of nitrogens with two attached hydrogens (primary N) is 1. The van der Waals surface area contributed by atoms with Crippen molar-refractivity contribution >= 4 is 21.9 Å². The van der Waals surface area contributed by atoms with Gasteiger partial charge in [0.15, 0.2) is 11.5 Å².